The molecule has 1 amide bonds. The summed E-state index contributed by atoms with van der Waals surface area (Å²) in [6, 6.07) is 5.53. The number of carbonyl (C=O) groups excluding carboxylic acids is 1. The van der Waals surface area contributed by atoms with Gasteiger partial charge in [0.1, 0.15) is 10.4 Å². The summed E-state index contributed by atoms with van der Waals surface area (Å²) >= 11 is 12.0. The number of hydrogen-bond donors (Lipinski definition) is 0. The third-order valence-electron chi connectivity index (χ3n) is 4.54. The first-order chi connectivity index (χ1) is 11.5. The van der Waals surface area contributed by atoms with Crippen LogP contribution in [-0.4, -0.2) is 48.6 Å². The lowest BCUT2D eigenvalue weighted by molar-refractivity contribution is -0.134. The van der Waals surface area contributed by atoms with Crippen LogP contribution in [0.4, 0.5) is 0 Å². The van der Waals surface area contributed by atoms with Crippen LogP contribution in [0.25, 0.3) is 0 Å². The molecule has 0 bridgehead atoms. The van der Waals surface area contributed by atoms with Crippen molar-refractivity contribution in [3.63, 3.8) is 0 Å². The second-order valence-electron chi connectivity index (χ2n) is 6.15. The first-order valence-electron chi connectivity index (χ1n) is 8.00. The molecular weight excluding hydrogens is 353 g/mol. The van der Waals surface area contributed by atoms with E-state index in [-0.39, 0.29) is 17.9 Å². The summed E-state index contributed by atoms with van der Waals surface area (Å²) in [6.07, 6.45) is 2.05. The van der Waals surface area contributed by atoms with E-state index in [9.17, 15) is 4.79 Å². The topological polar surface area (TPSA) is 48.0 Å². The Morgan fingerprint density at radius 2 is 1.71 bits per heavy atom. The van der Waals surface area contributed by atoms with Gasteiger partial charge in [0.25, 0.3) is 0 Å². The molecule has 0 N–H and O–H groups in total. The van der Waals surface area contributed by atoms with Gasteiger partial charge < -0.3 is 19.1 Å². The predicted octanol–water partition coefficient (Wildman–Crippen LogP) is 3.27. The number of alkyl halides is 2. The molecule has 7 heteroatoms. The fourth-order valence-corrected chi connectivity index (χ4v) is 3.49. The minimum atomic E-state index is -0.866. The zero-order valence-corrected chi connectivity index (χ0v) is 15.3. The van der Waals surface area contributed by atoms with Gasteiger partial charge in [-0.25, -0.2) is 0 Å². The van der Waals surface area contributed by atoms with Crippen LogP contribution in [-0.2, 0) is 4.79 Å². The van der Waals surface area contributed by atoms with Crippen molar-refractivity contribution >= 4 is 29.1 Å². The molecule has 1 atom stereocenters. The summed E-state index contributed by atoms with van der Waals surface area (Å²) in [5.41, 5.74) is 0. The highest BCUT2D eigenvalue weighted by molar-refractivity contribution is 6.52. The number of rotatable bonds is 5. The van der Waals surface area contributed by atoms with Crippen molar-refractivity contribution in [2.24, 2.45) is 5.92 Å². The third kappa shape index (κ3) is 3.52. The number of piperidine rings is 1. The van der Waals surface area contributed by atoms with E-state index in [1.807, 2.05) is 23.1 Å². The van der Waals surface area contributed by atoms with Gasteiger partial charge in [-0.2, -0.15) is 0 Å². The molecule has 1 aliphatic carbocycles. The van der Waals surface area contributed by atoms with Gasteiger partial charge in [-0.3, -0.25) is 4.79 Å². The molecule has 0 radical (unpaired) electrons. The largest absolute Gasteiger partial charge is 0.493 e. The van der Waals surface area contributed by atoms with E-state index in [0.717, 1.165) is 12.8 Å². The minimum absolute atomic E-state index is 0.00946. The van der Waals surface area contributed by atoms with Crippen LogP contribution in [0.5, 0.6) is 17.2 Å². The Hall–Kier alpha value is -1.33. The van der Waals surface area contributed by atoms with Crippen LogP contribution in [0, 0.1) is 5.92 Å². The molecule has 1 heterocycles. The van der Waals surface area contributed by atoms with Crippen molar-refractivity contribution < 1.29 is 19.0 Å². The molecule has 3 rings (SSSR count). The van der Waals surface area contributed by atoms with Crippen LogP contribution in [0.2, 0.25) is 0 Å². The van der Waals surface area contributed by atoms with E-state index < -0.39 is 4.33 Å². The molecule has 2 aliphatic rings. The quantitative estimate of drug-likeness (QED) is 0.743. The van der Waals surface area contributed by atoms with Gasteiger partial charge in [0, 0.05) is 25.9 Å². The number of halogens is 2. The predicted molar refractivity (Wildman–Crippen MR) is 92.3 cm³/mol. The molecule has 1 saturated carbocycles. The van der Waals surface area contributed by atoms with E-state index in [2.05, 4.69) is 0 Å². The van der Waals surface area contributed by atoms with Crippen molar-refractivity contribution in [3.8, 4) is 17.2 Å². The minimum Gasteiger partial charge on any atom is -0.493 e. The zero-order chi connectivity index (χ0) is 17.3. The zero-order valence-electron chi connectivity index (χ0n) is 13.8. The number of carbonyl (C=O) groups is 1. The van der Waals surface area contributed by atoms with E-state index >= 15 is 0 Å². The number of amides is 1. The normalized spacial score (nSPS) is 22.8. The maximum atomic E-state index is 12.3. The fourth-order valence-electron chi connectivity index (χ4n) is 3.00. The second kappa shape index (κ2) is 6.89. The number of methoxy groups -OCH3 is 2. The highest BCUT2D eigenvalue weighted by Crippen LogP contribution is 2.54. The first kappa shape index (κ1) is 17.5. The Morgan fingerprint density at radius 1 is 1.17 bits per heavy atom. The molecule has 5 nitrogen and oxygen atoms in total. The van der Waals surface area contributed by atoms with Gasteiger partial charge in [-0.1, -0.05) is 6.07 Å². The van der Waals surface area contributed by atoms with Crippen molar-refractivity contribution in [2.45, 2.75) is 29.7 Å². The summed E-state index contributed by atoms with van der Waals surface area (Å²) in [5, 5.41) is 0. The van der Waals surface area contributed by atoms with Crippen molar-refractivity contribution in [3.05, 3.63) is 18.2 Å². The molecule has 2 fully saturated rings. The Balaban J connectivity index is 1.59. The average molecular weight is 374 g/mol. The fraction of sp³-hybridized carbons (Fsp3) is 0.588. The number of likely N-dealkylation sites (tertiary alicyclic amines) is 1. The maximum absolute atomic E-state index is 12.3. The lowest BCUT2D eigenvalue weighted by Gasteiger charge is -2.33. The Labute approximate surface area is 151 Å². The summed E-state index contributed by atoms with van der Waals surface area (Å²) in [4.78, 5) is 14.1. The lowest BCUT2D eigenvalue weighted by Crippen LogP contribution is -2.43. The number of benzene rings is 1. The molecule has 1 saturated heterocycles. The highest BCUT2D eigenvalue weighted by Gasteiger charge is 2.57. The summed E-state index contributed by atoms with van der Waals surface area (Å²) < 4.78 is 15.9. The van der Waals surface area contributed by atoms with E-state index in [4.69, 9.17) is 37.4 Å². The van der Waals surface area contributed by atoms with Gasteiger partial charge in [-0.05, 0) is 18.6 Å². The molecular formula is C17H21Cl2NO4. The molecule has 0 unspecified atom stereocenters. The lowest BCUT2D eigenvalue weighted by atomic mass is 10.1. The van der Waals surface area contributed by atoms with E-state index in [0.29, 0.717) is 36.8 Å². The van der Waals surface area contributed by atoms with Gasteiger partial charge in [-0.15, -0.1) is 23.2 Å². The van der Waals surface area contributed by atoms with Crippen LogP contribution in [0.15, 0.2) is 18.2 Å². The van der Waals surface area contributed by atoms with Crippen molar-refractivity contribution in [2.75, 3.05) is 27.3 Å². The first-order valence-corrected chi connectivity index (χ1v) is 8.76. The molecule has 1 aromatic carbocycles. The summed E-state index contributed by atoms with van der Waals surface area (Å²) in [7, 11) is 3.20. The SMILES string of the molecule is COc1cccc(OC)c1OC1CCN(C(=O)[C@@H]2CC2(Cl)Cl)CC1. The summed E-state index contributed by atoms with van der Waals surface area (Å²) in [6.45, 7) is 1.28. The van der Waals surface area contributed by atoms with Gasteiger partial charge in [0.05, 0.1) is 20.1 Å². The molecule has 1 aromatic rings. The Morgan fingerprint density at radius 3 is 2.17 bits per heavy atom. The van der Waals surface area contributed by atoms with Crippen molar-refractivity contribution in [1.82, 2.24) is 4.90 Å². The van der Waals surface area contributed by atoms with Crippen LogP contribution < -0.4 is 14.2 Å². The maximum Gasteiger partial charge on any atom is 0.228 e. The van der Waals surface area contributed by atoms with Gasteiger partial charge >= 0.3 is 0 Å². The van der Waals surface area contributed by atoms with Gasteiger partial charge in [0.15, 0.2) is 11.5 Å². The Kier molecular flexibility index (Phi) is 5.02. The smallest absolute Gasteiger partial charge is 0.228 e. The van der Waals surface area contributed by atoms with Crippen molar-refractivity contribution in [1.29, 1.82) is 0 Å². The number of hydrogen-bond acceptors (Lipinski definition) is 4. The highest BCUT2D eigenvalue weighted by atomic mass is 35.5. The van der Waals surface area contributed by atoms with Gasteiger partial charge in [0.2, 0.25) is 11.7 Å². The number of nitrogens with zero attached hydrogens (tertiary/aromatic N) is 1. The standard InChI is InChI=1S/C17H21Cl2NO4/c1-22-13-4-3-5-14(23-2)15(13)24-11-6-8-20(9-7-11)16(21)12-10-17(12,18)19/h3-5,11-12H,6-10H2,1-2H3/t12-/m0/s1. The molecule has 24 heavy (non-hydrogen) atoms. The molecule has 1 aliphatic heterocycles. The number of ether oxygens (including phenoxy) is 3. The monoisotopic (exact) mass is 373 g/mol. The van der Waals surface area contributed by atoms with Crippen LogP contribution >= 0.6 is 23.2 Å². The summed E-state index contributed by atoms with van der Waals surface area (Å²) in [5.74, 6) is 1.68. The van der Waals surface area contributed by atoms with Crippen LogP contribution in [0.3, 0.4) is 0 Å². The Bertz CT molecular complexity index is 592. The van der Waals surface area contributed by atoms with E-state index in [1.54, 1.807) is 14.2 Å². The average Bonchev–Trinajstić information content (AvgIpc) is 3.23. The molecule has 0 spiro atoms. The number of para-hydroxylation sites is 1. The molecule has 0 aromatic heterocycles. The third-order valence-corrected chi connectivity index (χ3v) is 5.38. The van der Waals surface area contributed by atoms with Crippen LogP contribution in [0.1, 0.15) is 19.3 Å². The van der Waals surface area contributed by atoms with E-state index in [1.165, 1.54) is 0 Å². The second-order valence-corrected chi connectivity index (χ2v) is 7.69. The molecule has 132 valence electrons.